The van der Waals surface area contributed by atoms with Crippen molar-refractivity contribution in [1.82, 2.24) is 19.4 Å². The van der Waals surface area contributed by atoms with E-state index in [-0.39, 0.29) is 17.4 Å². The van der Waals surface area contributed by atoms with E-state index in [2.05, 4.69) is 30.7 Å². The number of hydrogen-bond donors (Lipinski definition) is 0. The summed E-state index contributed by atoms with van der Waals surface area (Å²) >= 11 is 0. The average Bonchev–Trinajstić information content (AvgIpc) is 2.85. The van der Waals surface area contributed by atoms with Gasteiger partial charge in [-0.2, -0.15) is 0 Å². The van der Waals surface area contributed by atoms with Crippen LogP contribution in [0, 0.1) is 11.7 Å². The van der Waals surface area contributed by atoms with Crippen molar-refractivity contribution in [1.29, 1.82) is 0 Å². The minimum Gasteiger partial charge on any atom is -0.494 e. The lowest BCUT2D eigenvalue weighted by molar-refractivity contribution is 0.167. The Morgan fingerprint density at radius 2 is 2.03 bits per heavy atom. The molecule has 1 aromatic carbocycles. The van der Waals surface area contributed by atoms with Crippen LogP contribution in [-0.4, -0.2) is 59.7 Å². The van der Waals surface area contributed by atoms with Gasteiger partial charge >= 0.3 is 0 Å². The van der Waals surface area contributed by atoms with Gasteiger partial charge < -0.3 is 9.64 Å². The molecule has 0 spiro atoms. The molecule has 1 saturated heterocycles. The van der Waals surface area contributed by atoms with Gasteiger partial charge in [-0.05, 0) is 32.4 Å². The van der Waals surface area contributed by atoms with E-state index in [4.69, 9.17) is 9.72 Å². The fourth-order valence-electron chi connectivity index (χ4n) is 4.46. The van der Waals surface area contributed by atoms with Gasteiger partial charge in [0.25, 0.3) is 5.56 Å². The molecule has 7 heteroatoms. The first kappa shape index (κ1) is 21.7. The van der Waals surface area contributed by atoms with Gasteiger partial charge in [0.1, 0.15) is 5.82 Å². The third kappa shape index (κ3) is 4.46. The van der Waals surface area contributed by atoms with Gasteiger partial charge in [0, 0.05) is 38.8 Å². The van der Waals surface area contributed by atoms with E-state index in [9.17, 15) is 9.18 Å². The Morgan fingerprint density at radius 3 is 2.69 bits per heavy atom. The molecule has 3 rings (SSSR count). The maximum Gasteiger partial charge on any atom is 0.261 e. The number of fused-ring (bicyclic) bond motifs is 1. The molecule has 1 fully saturated rings. The molecule has 0 aliphatic carbocycles. The van der Waals surface area contributed by atoms with E-state index in [1.165, 1.54) is 19.2 Å². The average molecular weight is 405 g/mol. The van der Waals surface area contributed by atoms with Gasteiger partial charge in [-0.25, -0.2) is 9.37 Å². The Balaban J connectivity index is 2.14. The molecule has 2 atom stereocenters. The molecule has 0 saturated carbocycles. The largest absolute Gasteiger partial charge is 0.494 e. The third-order valence-electron chi connectivity index (χ3n) is 5.81. The highest BCUT2D eigenvalue weighted by Crippen LogP contribution is 2.29. The number of methoxy groups -OCH3 is 1. The Morgan fingerprint density at radius 1 is 1.28 bits per heavy atom. The quantitative estimate of drug-likeness (QED) is 0.740. The Hall–Kier alpha value is -1.99. The van der Waals surface area contributed by atoms with Crippen LogP contribution in [-0.2, 0) is 6.54 Å². The second kappa shape index (κ2) is 9.22. The first-order chi connectivity index (χ1) is 13.9. The first-order valence-electron chi connectivity index (χ1n) is 10.6. The Labute approximate surface area is 172 Å². The van der Waals surface area contributed by atoms with E-state index in [1.807, 2.05) is 6.92 Å². The van der Waals surface area contributed by atoms with Gasteiger partial charge in [0.05, 0.1) is 24.1 Å². The van der Waals surface area contributed by atoms with Crippen molar-refractivity contribution in [2.75, 3.05) is 40.3 Å². The molecule has 2 heterocycles. The SMILES string of the molecule is CCC[C@H](c1nc2cc(F)c(OC)cc2c(=O)n1CC)N1CCN(C)C[C@@H](C)C1. The Kier molecular flexibility index (Phi) is 6.90. The molecule has 160 valence electrons. The van der Waals surface area contributed by atoms with Crippen LogP contribution in [0.5, 0.6) is 5.75 Å². The number of halogens is 1. The van der Waals surface area contributed by atoms with Crippen LogP contribution in [0.1, 0.15) is 45.5 Å². The molecule has 0 unspecified atom stereocenters. The monoisotopic (exact) mass is 404 g/mol. The number of hydrogen-bond acceptors (Lipinski definition) is 5. The maximum atomic E-state index is 14.3. The summed E-state index contributed by atoms with van der Waals surface area (Å²) in [5.74, 6) is 0.851. The van der Waals surface area contributed by atoms with Gasteiger partial charge in [-0.15, -0.1) is 0 Å². The number of rotatable bonds is 6. The smallest absolute Gasteiger partial charge is 0.261 e. The zero-order valence-corrected chi connectivity index (χ0v) is 18.2. The fraction of sp³-hybridized carbons (Fsp3) is 0.636. The summed E-state index contributed by atoms with van der Waals surface area (Å²) in [6, 6.07) is 2.82. The van der Waals surface area contributed by atoms with Crippen molar-refractivity contribution in [3.63, 3.8) is 0 Å². The first-order valence-corrected chi connectivity index (χ1v) is 10.6. The predicted octanol–water partition coefficient (Wildman–Crippen LogP) is 3.29. The molecule has 0 amide bonds. The number of ether oxygens (including phenoxy) is 1. The van der Waals surface area contributed by atoms with Gasteiger partial charge in [0.15, 0.2) is 11.6 Å². The van der Waals surface area contributed by atoms with Crippen LogP contribution in [0.4, 0.5) is 4.39 Å². The second-order valence-corrected chi connectivity index (χ2v) is 8.19. The van der Waals surface area contributed by atoms with E-state index < -0.39 is 5.82 Å². The van der Waals surface area contributed by atoms with E-state index >= 15 is 0 Å². The van der Waals surface area contributed by atoms with Crippen molar-refractivity contribution in [2.45, 2.75) is 46.2 Å². The molecule has 29 heavy (non-hydrogen) atoms. The number of aromatic nitrogens is 2. The highest BCUT2D eigenvalue weighted by molar-refractivity contribution is 5.79. The normalized spacial score (nSPS) is 20.0. The lowest BCUT2D eigenvalue weighted by Crippen LogP contribution is -2.38. The number of nitrogens with zero attached hydrogens (tertiary/aromatic N) is 4. The zero-order valence-electron chi connectivity index (χ0n) is 18.2. The van der Waals surface area contributed by atoms with Crippen LogP contribution in [0.15, 0.2) is 16.9 Å². The zero-order chi connectivity index (χ0) is 21.1. The van der Waals surface area contributed by atoms with Crippen LogP contribution in [0.3, 0.4) is 0 Å². The van der Waals surface area contributed by atoms with E-state index in [0.717, 1.165) is 44.8 Å². The molecule has 1 aliphatic heterocycles. The molecule has 2 aromatic rings. The van der Waals surface area contributed by atoms with Crippen molar-refractivity contribution in [3.8, 4) is 5.75 Å². The number of benzene rings is 1. The van der Waals surface area contributed by atoms with Crippen LogP contribution in [0.2, 0.25) is 0 Å². The van der Waals surface area contributed by atoms with Crippen molar-refractivity contribution < 1.29 is 9.13 Å². The Bertz CT molecular complexity index is 914. The van der Waals surface area contributed by atoms with Crippen LogP contribution >= 0.6 is 0 Å². The highest BCUT2D eigenvalue weighted by Gasteiger charge is 2.29. The van der Waals surface area contributed by atoms with Gasteiger partial charge in [0.2, 0.25) is 0 Å². The molecule has 0 bridgehead atoms. The minimum absolute atomic E-state index is 0.0381. The standard InChI is InChI=1S/C22H33FN4O2/c1-6-8-19(26-10-9-25(4)13-15(3)14-26)21-24-18-12-17(23)20(29-5)11-16(18)22(28)27(21)7-2/h11-12,15,19H,6-10,13-14H2,1-5H3/t15-,19-/m1/s1. The van der Waals surface area contributed by atoms with E-state index in [0.29, 0.717) is 23.4 Å². The molecular formula is C22H33FN4O2. The topological polar surface area (TPSA) is 50.6 Å². The summed E-state index contributed by atoms with van der Waals surface area (Å²) < 4.78 is 21.1. The molecular weight excluding hydrogens is 371 g/mol. The predicted molar refractivity (Wildman–Crippen MR) is 114 cm³/mol. The lowest BCUT2D eigenvalue weighted by Gasteiger charge is -2.32. The lowest BCUT2D eigenvalue weighted by atomic mass is 10.1. The minimum atomic E-state index is -0.496. The molecule has 0 N–H and O–H groups in total. The summed E-state index contributed by atoms with van der Waals surface area (Å²) in [6.07, 6.45) is 1.90. The third-order valence-corrected chi connectivity index (χ3v) is 5.81. The summed E-state index contributed by atoms with van der Waals surface area (Å²) in [5.41, 5.74) is 0.265. The van der Waals surface area contributed by atoms with Crippen molar-refractivity contribution >= 4 is 10.9 Å². The van der Waals surface area contributed by atoms with Gasteiger partial charge in [-0.1, -0.05) is 20.3 Å². The maximum absolute atomic E-state index is 14.3. The highest BCUT2D eigenvalue weighted by atomic mass is 19.1. The molecule has 1 aliphatic rings. The van der Waals surface area contributed by atoms with Crippen molar-refractivity contribution in [3.05, 3.63) is 34.1 Å². The molecule has 1 aromatic heterocycles. The van der Waals surface area contributed by atoms with Crippen molar-refractivity contribution in [2.24, 2.45) is 5.92 Å². The fourth-order valence-corrected chi connectivity index (χ4v) is 4.46. The van der Waals surface area contributed by atoms with Gasteiger partial charge in [-0.3, -0.25) is 14.3 Å². The van der Waals surface area contributed by atoms with Crippen LogP contribution < -0.4 is 10.3 Å². The second-order valence-electron chi connectivity index (χ2n) is 8.19. The summed E-state index contributed by atoms with van der Waals surface area (Å²) in [6.45, 7) is 10.8. The summed E-state index contributed by atoms with van der Waals surface area (Å²) in [4.78, 5) is 22.9. The van der Waals surface area contributed by atoms with E-state index in [1.54, 1.807) is 4.57 Å². The summed E-state index contributed by atoms with van der Waals surface area (Å²) in [5, 5.41) is 0.396. The number of likely N-dealkylation sites (N-methyl/N-ethyl adjacent to an activating group) is 1. The van der Waals surface area contributed by atoms with Crippen LogP contribution in [0.25, 0.3) is 10.9 Å². The molecule has 6 nitrogen and oxygen atoms in total. The molecule has 0 radical (unpaired) electrons. The summed E-state index contributed by atoms with van der Waals surface area (Å²) in [7, 11) is 3.56.